The van der Waals surface area contributed by atoms with Gasteiger partial charge in [0.1, 0.15) is 5.69 Å². The van der Waals surface area contributed by atoms with Crippen LogP contribution in [0.3, 0.4) is 0 Å². The number of para-hydroxylation sites is 1. The third-order valence-corrected chi connectivity index (χ3v) is 4.92. The molecule has 0 unspecified atom stereocenters. The van der Waals surface area contributed by atoms with Crippen molar-refractivity contribution >= 4 is 39.6 Å². The number of nitrogens with zero attached hydrogens (tertiary/aromatic N) is 2. The molecular weight excluding hydrogens is 450 g/mol. The molecule has 3 rings (SSSR count). The zero-order valence-electron chi connectivity index (χ0n) is 16.5. The number of carbonyl (C=O) groups is 2. The lowest BCUT2D eigenvalue weighted by atomic mass is 10.2. The topological polar surface area (TPSA) is 82.3 Å². The predicted octanol–water partition coefficient (Wildman–Crippen LogP) is 3.44. The van der Waals surface area contributed by atoms with Gasteiger partial charge in [-0.05, 0) is 42.8 Å². The maximum Gasteiger partial charge on any atom is 0.331 e. The van der Waals surface area contributed by atoms with E-state index in [9.17, 15) is 14.4 Å². The number of hydrogen-bond acceptors (Lipinski definition) is 4. The van der Waals surface area contributed by atoms with Crippen molar-refractivity contribution in [1.82, 2.24) is 9.36 Å². The van der Waals surface area contributed by atoms with Gasteiger partial charge in [0, 0.05) is 17.6 Å². The van der Waals surface area contributed by atoms with Gasteiger partial charge in [0.25, 0.3) is 11.5 Å². The van der Waals surface area contributed by atoms with E-state index >= 15 is 0 Å². The average molecular weight is 470 g/mol. The average Bonchev–Trinajstić information content (AvgIpc) is 2.94. The molecule has 0 fully saturated rings. The van der Waals surface area contributed by atoms with Gasteiger partial charge < -0.3 is 10.1 Å². The fraction of sp³-hybridized carbons (Fsp3) is 0.136. The van der Waals surface area contributed by atoms with Gasteiger partial charge in [0.2, 0.25) is 0 Å². The molecule has 0 spiro atoms. The second-order valence-corrected chi connectivity index (χ2v) is 7.40. The molecule has 0 aliphatic heterocycles. The monoisotopic (exact) mass is 469 g/mol. The summed E-state index contributed by atoms with van der Waals surface area (Å²) in [4.78, 5) is 36.9. The molecule has 154 valence electrons. The fourth-order valence-electron chi connectivity index (χ4n) is 2.85. The number of anilines is 1. The van der Waals surface area contributed by atoms with E-state index in [1.54, 1.807) is 36.9 Å². The van der Waals surface area contributed by atoms with Crippen molar-refractivity contribution in [2.75, 3.05) is 11.9 Å². The minimum absolute atomic E-state index is 0.145. The van der Waals surface area contributed by atoms with Gasteiger partial charge in [-0.2, -0.15) is 0 Å². The number of ether oxygens (including phenoxy) is 1. The Morgan fingerprint density at radius 1 is 1.13 bits per heavy atom. The van der Waals surface area contributed by atoms with E-state index in [2.05, 4.69) is 21.2 Å². The molecule has 0 saturated heterocycles. The van der Waals surface area contributed by atoms with Gasteiger partial charge in [-0.1, -0.05) is 46.3 Å². The van der Waals surface area contributed by atoms with Crippen LogP contribution in [0.15, 0.2) is 69.9 Å². The molecule has 0 aliphatic rings. The number of amides is 1. The van der Waals surface area contributed by atoms with Crippen molar-refractivity contribution in [1.29, 1.82) is 0 Å². The Morgan fingerprint density at radius 3 is 2.57 bits per heavy atom. The Hall–Kier alpha value is -3.39. The van der Waals surface area contributed by atoms with Gasteiger partial charge in [-0.15, -0.1) is 0 Å². The van der Waals surface area contributed by atoms with E-state index < -0.39 is 18.5 Å². The third-order valence-electron chi connectivity index (χ3n) is 4.42. The SMILES string of the molecule is Cc1c(NC(=O)COC(=O)/C=C/c2cccc(Br)c2)c(=O)n(-c2ccccc2)n1C. The van der Waals surface area contributed by atoms with Crippen LogP contribution in [-0.2, 0) is 21.4 Å². The number of halogens is 1. The molecule has 0 bridgehead atoms. The van der Waals surface area contributed by atoms with Crippen molar-refractivity contribution in [3.05, 3.63) is 86.8 Å². The number of benzene rings is 2. The smallest absolute Gasteiger partial charge is 0.331 e. The predicted molar refractivity (Wildman–Crippen MR) is 119 cm³/mol. The van der Waals surface area contributed by atoms with E-state index in [0.717, 1.165) is 10.0 Å². The molecule has 0 saturated carbocycles. The van der Waals surface area contributed by atoms with Crippen LogP contribution in [-0.4, -0.2) is 27.8 Å². The zero-order chi connectivity index (χ0) is 21.7. The zero-order valence-corrected chi connectivity index (χ0v) is 18.0. The highest BCUT2D eigenvalue weighted by Crippen LogP contribution is 2.14. The van der Waals surface area contributed by atoms with E-state index in [4.69, 9.17) is 4.74 Å². The van der Waals surface area contributed by atoms with E-state index in [1.165, 1.54) is 10.8 Å². The largest absolute Gasteiger partial charge is 0.452 e. The fourth-order valence-corrected chi connectivity index (χ4v) is 3.26. The first-order chi connectivity index (χ1) is 14.4. The third kappa shape index (κ3) is 4.96. The number of esters is 1. The van der Waals surface area contributed by atoms with Crippen LogP contribution in [0.2, 0.25) is 0 Å². The highest BCUT2D eigenvalue weighted by Gasteiger charge is 2.18. The molecule has 0 atom stereocenters. The lowest BCUT2D eigenvalue weighted by Crippen LogP contribution is -2.25. The first-order valence-corrected chi connectivity index (χ1v) is 9.90. The summed E-state index contributed by atoms with van der Waals surface area (Å²) in [5.41, 5.74) is 1.85. The number of aromatic nitrogens is 2. The van der Waals surface area contributed by atoms with Gasteiger partial charge in [0.05, 0.1) is 11.4 Å². The maximum atomic E-state index is 12.8. The van der Waals surface area contributed by atoms with Crippen LogP contribution < -0.4 is 10.9 Å². The molecule has 0 aliphatic carbocycles. The lowest BCUT2D eigenvalue weighted by molar-refractivity contribution is -0.142. The summed E-state index contributed by atoms with van der Waals surface area (Å²) >= 11 is 3.35. The quantitative estimate of drug-likeness (QED) is 0.442. The van der Waals surface area contributed by atoms with E-state index in [1.807, 2.05) is 42.5 Å². The van der Waals surface area contributed by atoms with Gasteiger partial charge in [-0.25, -0.2) is 9.48 Å². The second kappa shape index (κ2) is 9.41. The van der Waals surface area contributed by atoms with Crippen molar-refractivity contribution in [2.24, 2.45) is 7.05 Å². The summed E-state index contributed by atoms with van der Waals surface area (Å²) < 4.78 is 8.96. The molecule has 30 heavy (non-hydrogen) atoms. The molecule has 2 aromatic carbocycles. The van der Waals surface area contributed by atoms with Crippen LogP contribution in [0.4, 0.5) is 5.69 Å². The Morgan fingerprint density at radius 2 is 1.87 bits per heavy atom. The van der Waals surface area contributed by atoms with Crippen molar-refractivity contribution < 1.29 is 14.3 Å². The minimum Gasteiger partial charge on any atom is -0.452 e. The number of rotatable bonds is 6. The van der Waals surface area contributed by atoms with E-state index in [0.29, 0.717) is 11.4 Å². The summed E-state index contributed by atoms with van der Waals surface area (Å²) in [5.74, 6) is -1.25. The second-order valence-electron chi connectivity index (χ2n) is 6.48. The number of nitrogens with one attached hydrogen (secondary N) is 1. The summed E-state index contributed by atoms with van der Waals surface area (Å²) in [6.45, 7) is 1.23. The first kappa shape index (κ1) is 21.3. The molecular formula is C22H20BrN3O4. The van der Waals surface area contributed by atoms with Crippen LogP contribution in [0.25, 0.3) is 11.8 Å². The molecule has 1 N–H and O–H groups in total. The number of hydrogen-bond donors (Lipinski definition) is 1. The molecule has 8 heteroatoms. The van der Waals surface area contributed by atoms with Gasteiger partial charge in [-0.3, -0.25) is 14.3 Å². The molecule has 0 radical (unpaired) electrons. The van der Waals surface area contributed by atoms with Crippen LogP contribution in [0.1, 0.15) is 11.3 Å². The minimum atomic E-state index is -0.656. The van der Waals surface area contributed by atoms with Crippen molar-refractivity contribution in [3.8, 4) is 5.69 Å². The summed E-state index contributed by atoms with van der Waals surface area (Å²) in [7, 11) is 1.73. The summed E-state index contributed by atoms with van der Waals surface area (Å²) in [6.07, 6.45) is 2.83. The lowest BCUT2D eigenvalue weighted by Gasteiger charge is -2.07. The molecule has 7 nitrogen and oxygen atoms in total. The van der Waals surface area contributed by atoms with E-state index in [-0.39, 0.29) is 11.2 Å². The van der Waals surface area contributed by atoms with Crippen LogP contribution >= 0.6 is 15.9 Å². The van der Waals surface area contributed by atoms with Crippen LogP contribution in [0, 0.1) is 6.92 Å². The summed E-state index contributed by atoms with van der Waals surface area (Å²) in [6, 6.07) is 16.5. The van der Waals surface area contributed by atoms with Crippen molar-refractivity contribution in [3.63, 3.8) is 0 Å². The van der Waals surface area contributed by atoms with Crippen molar-refractivity contribution in [2.45, 2.75) is 6.92 Å². The van der Waals surface area contributed by atoms with Gasteiger partial charge >= 0.3 is 5.97 Å². The Bertz CT molecular complexity index is 1160. The Balaban J connectivity index is 1.64. The standard InChI is InChI=1S/C22H20BrN3O4/c1-15-21(22(29)26(25(15)2)18-9-4-3-5-10-18)24-19(27)14-30-20(28)12-11-16-7-6-8-17(23)13-16/h3-13H,14H2,1-2H3,(H,24,27)/b12-11+. The first-order valence-electron chi connectivity index (χ1n) is 9.11. The molecule has 1 aromatic heterocycles. The Kier molecular flexibility index (Phi) is 6.68. The molecule has 1 amide bonds. The maximum absolute atomic E-state index is 12.8. The molecule has 1 heterocycles. The Labute approximate surface area is 181 Å². The number of carbonyl (C=O) groups excluding carboxylic acids is 2. The van der Waals surface area contributed by atoms with Crippen LogP contribution in [0.5, 0.6) is 0 Å². The highest BCUT2D eigenvalue weighted by atomic mass is 79.9. The van der Waals surface area contributed by atoms with Gasteiger partial charge in [0.15, 0.2) is 6.61 Å². The normalized spacial score (nSPS) is 10.9. The highest BCUT2D eigenvalue weighted by molar-refractivity contribution is 9.10. The summed E-state index contributed by atoms with van der Waals surface area (Å²) in [5, 5.41) is 2.55. The molecule has 3 aromatic rings.